The van der Waals surface area contributed by atoms with E-state index in [4.69, 9.17) is 13.9 Å². The minimum absolute atomic E-state index is 0.527. The molecule has 0 aliphatic rings. The molecule has 0 aromatic heterocycles. The molecule has 0 aliphatic heterocycles. The lowest BCUT2D eigenvalue weighted by Gasteiger charge is -2.26. The van der Waals surface area contributed by atoms with Gasteiger partial charge in [-0.05, 0) is 12.5 Å². The van der Waals surface area contributed by atoms with Crippen molar-refractivity contribution in [3.63, 3.8) is 0 Å². The van der Waals surface area contributed by atoms with Crippen molar-refractivity contribution in [2.24, 2.45) is 0 Å². The maximum absolute atomic E-state index is 5.58. The molecule has 0 saturated heterocycles. The lowest BCUT2D eigenvalue weighted by molar-refractivity contribution is -0.310. The van der Waals surface area contributed by atoms with Gasteiger partial charge in [0.25, 0.3) is 5.97 Å². The Labute approximate surface area is 89.4 Å². The summed E-state index contributed by atoms with van der Waals surface area (Å²) in [5.74, 6) is -0.829. The highest BCUT2D eigenvalue weighted by atomic mass is 28.2. The van der Waals surface area contributed by atoms with Gasteiger partial charge in [-0.3, -0.25) is 0 Å². The number of rotatable bonds is 9. The zero-order chi connectivity index (χ0) is 10.9. The Morgan fingerprint density at radius 2 is 1.93 bits per heavy atom. The van der Waals surface area contributed by atoms with Gasteiger partial charge in [-0.2, -0.15) is 0 Å². The Kier molecular flexibility index (Phi) is 8.08. The number of unbranched alkanes of at least 4 members (excludes halogenated alkanes) is 2. The fourth-order valence-electron chi connectivity index (χ4n) is 1.03. The molecule has 0 rings (SSSR count). The highest BCUT2D eigenvalue weighted by molar-refractivity contribution is 6.27. The van der Waals surface area contributed by atoms with Gasteiger partial charge in [0.15, 0.2) is 9.76 Å². The molecular formula is C10H22O3Si. The highest BCUT2D eigenvalue weighted by Crippen LogP contribution is 2.12. The van der Waals surface area contributed by atoms with Crippen LogP contribution in [0.1, 0.15) is 26.2 Å². The Hall–Kier alpha value is -0.163. The van der Waals surface area contributed by atoms with Gasteiger partial charge in [0, 0.05) is 21.1 Å². The van der Waals surface area contributed by atoms with Gasteiger partial charge in [-0.25, -0.2) is 0 Å². The second-order valence-corrected chi connectivity index (χ2v) is 4.66. The van der Waals surface area contributed by atoms with E-state index in [0.717, 1.165) is 12.5 Å². The second-order valence-electron chi connectivity index (χ2n) is 3.26. The first-order valence-electron chi connectivity index (χ1n) is 5.03. The molecule has 14 heavy (non-hydrogen) atoms. The molecule has 0 N–H and O–H groups in total. The third kappa shape index (κ3) is 6.31. The van der Waals surface area contributed by atoms with Crippen molar-refractivity contribution in [2.45, 2.75) is 38.2 Å². The number of hydrogen-bond acceptors (Lipinski definition) is 3. The van der Waals surface area contributed by atoms with Crippen LogP contribution in [0.5, 0.6) is 0 Å². The molecular weight excluding hydrogens is 196 g/mol. The first-order valence-corrected chi connectivity index (χ1v) is 6.61. The molecule has 0 radical (unpaired) electrons. The van der Waals surface area contributed by atoms with Gasteiger partial charge in [-0.15, -0.1) is 6.58 Å². The van der Waals surface area contributed by atoms with Crippen molar-refractivity contribution in [1.29, 1.82) is 0 Å². The van der Waals surface area contributed by atoms with Crippen LogP contribution < -0.4 is 0 Å². The van der Waals surface area contributed by atoms with Crippen molar-refractivity contribution in [3.05, 3.63) is 12.7 Å². The van der Waals surface area contributed by atoms with Crippen LogP contribution in [0.2, 0.25) is 6.04 Å². The van der Waals surface area contributed by atoms with Crippen molar-refractivity contribution < 1.29 is 13.9 Å². The normalized spacial score (nSPS) is 12.5. The summed E-state index contributed by atoms with van der Waals surface area (Å²) in [7, 11) is 2.66. The van der Waals surface area contributed by atoms with E-state index in [1.54, 1.807) is 21.1 Å². The molecule has 0 unspecified atom stereocenters. The molecule has 0 saturated carbocycles. The summed E-state index contributed by atoms with van der Waals surface area (Å²) < 4.78 is 15.8. The van der Waals surface area contributed by atoms with Crippen molar-refractivity contribution >= 4 is 9.76 Å². The van der Waals surface area contributed by atoms with E-state index in [9.17, 15) is 0 Å². The van der Waals surface area contributed by atoms with Gasteiger partial charge < -0.3 is 13.9 Å². The summed E-state index contributed by atoms with van der Waals surface area (Å²) in [6.07, 6.45) is 5.47. The quantitative estimate of drug-likeness (QED) is 0.256. The molecule has 3 nitrogen and oxygen atoms in total. The van der Waals surface area contributed by atoms with E-state index in [-0.39, 0.29) is 0 Å². The van der Waals surface area contributed by atoms with E-state index in [2.05, 4.69) is 6.58 Å². The molecule has 0 atom stereocenters. The number of allylic oxidation sites excluding steroid dienone is 1. The summed E-state index contributed by atoms with van der Waals surface area (Å²) in [5, 5.41) is 0. The summed E-state index contributed by atoms with van der Waals surface area (Å²) >= 11 is 0. The highest BCUT2D eigenvalue weighted by Gasteiger charge is 2.22. The molecule has 0 spiro atoms. The molecule has 0 amide bonds. The molecule has 0 heterocycles. The van der Waals surface area contributed by atoms with Crippen LogP contribution in [0.4, 0.5) is 0 Å². The molecule has 0 aromatic rings. The van der Waals surface area contributed by atoms with Crippen LogP contribution >= 0.6 is 0 Å². The van der Waals surface area contributed by atoms with Gasteiger partial charge >= 0.3 is 0 Å². The van der Waals surface area contributed by atoms with Crippen molar-refractivity contribution in [2.75, 3.05) is 14.2 Å². The molecule has 4 heteroatoms. The molecule has 0 fully saturated rings. The average molecular weight is 218 g/mol. The van der Waals surface area contributed by atoms with Gasteiger partial charge in [0.1, 0.15) is 0 Å². The lowest BCUT2D eigenvalue weighted by atomic mass is 10.2. The zero-order valence-electron chi connectivity index (χ0n) is 9.54. The van der Waals surface area contributed by atoms with E-state index < -0.39 is 15.7 Å². The predicted molar refractivity (Wildman–Crippen MR) is 60.9 cm³/mol. The van der Waals surface area contributed by atoms with Crippen molar-refractivity contribution in [1.82, 2.24) is 0 Å². The third-order valence-electron chi connectivity index (χ3n) is 2.16. The summed E-state index contributed by atoms with van der Waals surface area (Å²) in [6, 6.07) is 1.16. The molecule has 0 bridgehead atoms. The van der Waals surface area contributed by atoms with Crippen LogP contribution in [0.3, 0.4) is 0 Å². The Balaban J connectivity index is 3.38. The standard InChI is InChI=1S/C10H22O3Si/c1-5-6-7-8-9-14-13-10(2,11-3)12-4/h5H,1,6-9,14H2,2-4H3. The third-order valence-corrected chi connectivity index (χ3v) is 3.68. The topological polar surface area (TPSA) is 27.7 Å². The monoisotopic (exact) mass is 218 g/mol. The van der Waals surface area contributed by atoms with Gasteiger partial charge in [0.2, 0.25) is 0 Å². The summed E-state index contributed by atoms with van der Waals surface area (Å²) in [6.45, 7) is 5.48. The van der Waals surface area contributed by atoms with Crippen LogP contribution in [0, 0.1) is 0 Å². The summed E-state index contributed by atoms with van der Waals surface area (Å²) in [4.78, 5) is 0. The smallest absolute Gasteiger partial charge is 0.269 e. The summed E-state index contributed by atoms with van der Waals surface area (Å²) in [5.41, 5.74) is 0. The van der Waals surface area contributed by atoms with Gasteiger partial charge in [-0.1, -0.05) is 18.9 Å². The Bertz CT molecular complexity index is 146. The second kappa shape index (κ2) is 8.17. The molecule has 0 aliphatic carbocycles. The fraction of sp³-hybridized carbons (Fsp3) is 0.800. The minimum atomic E-state index is -0.829. The average Bonchev–Trinajstić information content (AvgIpc) is 2.23. The first kappa shape index (κ1) is 13.8. The van der Waals surface area contributed by atoms with Gasteiger partial charge in [0.05, 0.1) is 0 Å². The predicted octanol–water partition coefficient (Wildman–Crippen LogP) is 1.83. The first-order chi connectivity index (χ1) is 6.68. The maximum Gasteiger partial charge on any atom is 0.269 e. The zero-order valence-corrected chi connectivity index (χ0v) is 11.0. The fourth-order valence-corrected chi connectivity index (χ4v) is 2.33. The van der Waals surface area contributed by atoms with E-state index in [1.807, 2.05) is 6.08 Å². The Morgan fingerprint density at radius 3 is 2.43 bits per heavy atom. The van der Waals surface area contributed by atoms with E-state index >= 15 is 0 Å². The SMILES string of the molecule is C=CCCCC[SiH2]OC(C)(OC)OC. The van der Waals surface area contributed by atoms with Crippen LogP contribution in [0.25, 0.3) is 0 Å². The molecule has 84 valence electrons. The largest absolute Gasteiger partial charge is 0.376 e. The lowest BCUT2D eigenvalue weighted by Crippen LogP contribution is -2.34. The van der Waals surface area contributed by atoms with Crippen LogP contribution in [-0.2, 0) is 13.9 Å². The van der Waals surface area contributed by atoms with Crippen LogP contribution in [-0.4, -0.2) is 30.0 Å². The maximum atomic E-state index is 5.58. The van der Waals surface area contributed by atoms with E-state index in [0.29, 0.717) is 0 Å². The number of ether oxygens (including phenoxy) is 2. The number of hydrogen-bond donors (Lipinski definition) is 0. The van der Waals surface area contributed by atoms with Crippen LogP contribution in [0.15, 0.2) is 12.7 Å². The van der Waals surface area contributed by atoms with Crippen molar-refractivity contribution in [3.8, 4) is 0 Å². The van der Waals surface area contributed by atoms with E-state index in [1.165, 1.54) is 12.8 Å². The minimum Gasteiger partial charge on any atom is -0.376 e. The number of methoxy groups -OCH3 is 2. The molecule has 0 aromatic carbocycles. The Morgan fingerprint density at radius 1 is 1.29 bits per heavy atom.